The summed E-state index contributed by atoms with van der Waals surface area (Å²) < 4.78 is 0. The van der Waals surface area contributed by atoms with Crippen LogP contribution in [0.2, 0.25) is 0 Å². The van der Waals surface area contributed by atoms with Gasteiger partial charge < -0.3 is 10.1 Å². The van der Waals surface area contributed by atoms with Gasteiger partial charge in [-0.05, 0) is 18.9 Å². The van der Waals surface area contributed by atoms with E-state index in [1.54, 1.807) is 13.1 Å². The molecule has 0 aliphatic carbocycles. The van der Waals surface area contributed by atoms with Crippen LogP contribution in [0.5, 0.6) is 0 Å². The van der Waals surface area contributed by atoms with Crippen molar-refractivity contribution in [1.82, 2.24) is 15.0 Å². The van der Waals surface area contributed by atoms with Crippen molar-refractivity contribution in [2.24, 2.45) is 0 Å². The summed E-state index contributed by atoms with van der Waals surface area (Å²) in [5.74, 6) is 5.45. The lowest BCUT2D eigenvalue weighted by molar-refractivity contribution is 0.253. The summed E-state index contributed by atoms with van der Waals surface area (Å²) in [6.45, 7) is 1.61. The van der Waals surface area contributed by atoms with Gasteiger partial charge in [-0.15, -0.1) is 0 Å². The molecule has 4 nitrogen and oxygen atoms in total. The van der Waals surface area contributed by atoms with Crippen molar-refractivity contribution < 1.29 is 5.11 Å². The van der Waals surface area contributed by atoms with Crippen LogP contribution in [0.4, 0.5) is 0 Å². The number of fused-ring (bicyclic) bond motifs is 1. The van der Waals surface area contributed by atoms with E-state index >= 15 is 0 Å². The van der Waals surface area contributed by atoms with Gasteiger partial charge in [0.15, 0.2) is 0 Å². The summed E-state index contributed by atoms with van der Waals surface area (Å²) in [5.41, 5.74) is 1.40. The summed E-state index contributed by atoms with van der Waals surface area (Å²) in [4.78, 5) is 11.0. The Balaban J connectivity index is 2.53. The first-order valence-electron chi connectivity index (χ1n) is 4.25. The van der Waals surface area contributed by atoms with Crippen molar-refractivity contribution >= 4 is 11.0 Å². The molecule has 0 aromatic carbocycles. The first kappa shape index (κ1) is 8.73. The summed E-state index contributed by atoms with van der Waals surface area (Å²) >= 11 is 0. The fraction of sp³-hybridized carbons (Fsp3) is 0.200. The van der Waals surface area contributed by atoms with Crippen molar-refractivity contribution in [1.29, 1.82) is 0 Å². The molecule has 2 aromatic heterocycles. The SMILES string of the molecule is C[C@H](O)C#Cc1ncnc2[nH]ccc12. The van der Waals surface area contributed by atoms with E-state index in [1.807, 2.05) is 6.07 Å². The Hall–Kier alpha value is -1.86. The number of H-pyrrole nitrogens is 1. The minimum absolute atomic E-state index is 0.636. The van der Waals surface area contributed by atoms with Crippen LogP contribution < -0.4 is 0 Å². The molecule has 2 heterocycles. The van der Waals surface area contributed by atoms with E-state index in [9.17, 15) is 0 Å². The van der Waals surface area contributed by atoms with Crippen molar-refractivity contribution in [2.75, 3.05) is 0 Å². The van der Waals surface area contributed by atoms with Gasteiger partial charge in [0, 0.05) is 6.20 Å². The Bertz CT molecular complexity index is 505. The van der Waals surface area contributed by atoms with E-state index in [0.29, 0.717) is 5.69 Å². The van der Waals surface area contributed by atoms with E-state index < -0.39 is 6.10 Å². The number of nitrogens with one attached hydrogen (secondary N) is 1. The Morgan fingerprint density at radius 2 is 2.36 bits per heavy atom. The predicted octanol–water partition coefficient (Wildman–Crippen LogP) is 0.690. The van der Waals surface area contributed by atoms with Gasteiger partial charge in [0.1, 0.15) is 23.8 Å². The van der Waals surface area contributed by atoms with E-state index in [-0.39, 0.29) is 0 Å². The Labute approximate surface area is 81.0 Å². The van der Waals surface area contributed by atoms with Crippen molar-refractivity contribution in [2.45, 2.75) is 13.0 Å². The molecule has 70 valence electrons. The molecule has 0 spiro atoms. The number of aromatic amines is 1. The van der Waals surface area contributed by atoms with Crippen molar-refractivity contribution in [3.05, 3.63) is 24.3 Å². The maximum absolute atomic E-state index is 9.01. The van der Waals surface area contributed by atoms with Crippen LogP contribution in [0.25, 0.3) is 11.0 Å². The Morgan fingerprint density at radius 3 is 3.14 bits per heavy atom. The van der Waals surface area contributed by atoms with Gasteiger partial charge in [0.25, 0.3) is 0 Å². The quantitative estimate of drug-likeness (QED) is 0.596. The molecule has 2 rings (SSSR count). The maximum atomic E-state index is 9.01. The standard InChI is InChI=1S/C10H9N3O/c1-7(14)2-3-9-8-4-5-11-10(8)13-6-12-9/h4-7,14H,1H3,(H,11,12,13)/t7-/m0/s1. The number of nitrogens with zero attached hydrogens (tertiary/aromatic N) is 2. The lowest BCUT2D eigenvalue weighted by Gasteiger charge is -1.92. The molecule has 2 aromatic rings. The minimum Gasteiger partial charge on any atom is -0.381 e. The molecule has 0 bridgehead atoms. The van der Waals surface area contributed by atoms with Crippen LogP contribution in [0.1, 0.15) is 12.6 Å². The molecular weight excluding hydrogens is 178 g/mol. The highest BCUT2D eigenvalue weighted by Gasteiger charge is 2.00. The van der Waals surface area contributed by atoms with Gasteiger partial charge in [-0.1, -0.05) is 5.92 Å². The normalized spacial score (nSPS) is 12.1. The van der Waals surface area contributed by atoms with Crippen molar-refractivity contribution in [3.8, 4) is 11.8 Å². The Morgan fingerprint density at radius 1 is 1.50 bits per heavy atom. The number of aliphatic hydroxyl groups is 1. The van der Waals surface area contributed by atoms with Gasteiger partial charge in [0.05, 0.1) is 5.39 Å². The zero-order valence-corrected chi connectivity index (χ0v) is 7.65. The molecule has 0 aliphatic rings. The molecule has 0 radical (unpaired) electrons. The smallest absolute Gasteiger partial charge is 0.141 e. The monoisotopic (exact) mass is 187 g/mol. The maximum Gasteiger partial charge on any atom is 0.141 e. The van der Waals surface area contributed by atoms with Crippen molar-refractivity contribution in [3.63, 3.8) is 0 Å². The molecule has 4 heteroatoms. The lowest BCUT2D eigenvalue weighted by atomic mass is 10.2. The number of hydrogen-bond donors (Lipinski definition) is 2. The summed E-state index contributed by atoms with van der Waals surface area (Å²) in [6, 6.07) is 1.86. The molecule has 0 fully saturated rings. The highest BCUT2D eigenvalue weighted by Crippen LogP contribution is 2.10. The summed E-state index contributed by atoms with van der Waals surface area (Å²) in [7, 11) is 0. The van der Waals surface area contributed by atoms with Gasteiger partial charge >= 0.3 is 0 Å². The largest absolute Gasteiger partial charge is 0.381 e. The topological polar surface area (TPSA) is 61.8 Å². The summed E-state index contributed by atoms with van der Waals surface area (Å²) in [6.07, 6.45) is 2.59. The molecule has 14 heavy (non-hydrogen) atoms. The van der Waals surface area contributed by atoms with Crippen LogP contribution in [-0.2, 0) is 0 Å². The van der Waals surface area contributed by atoms with Gasteiger partial charge in [-0.2, -0.15) is 0 Å². The third kappa shape index (κ3) is 1.58. The third-order valence-electron chi connectivity index (χ3n) is 1.75. The summed E-state index contributed by atoms with van der Waals surface area (Å²) in [5, 5.41) is 9.89. The van der Waals surface area contributed by atoms with Crippen LogP contribution in [0.15, 0.2) is 18.6 Å². The van der Waals surface area contributed by atoms with Crippen LogP contribution in [0.3, 0.4) is 0 Å². The predicted molar refractivity (Wildman–Crippen MR) is 52.4 cm³/mol. The number of hydrogen-bond acceptors (Lipinski definition) is 3. The number of aromatic nitrogens is 3. The second kappa shape index (κ2) is 3.48. The third-order valence-corrected chi connectivity index (χ3v) is 1.75. The van der Waals surface area contributed by atoms with E-state index in [4.69, 9.17) is 5.11 Å². The second-order valence-electron chi connectivity index (χ2n) is 2.91. The molecule has 0 amide bonds. The van der Waals surface area contributed by atoms with E-state index in [0.717, 1.165) is 11.0 Å². The van der Waals surface area contributed by atoms with Gasteiger partial charge in [-0.25, -0.2) is 9.97 Å². The minimum atomic E-state index is -0.640. The van der Waals surface area contributed by atoms with Gasteiger partial charge in [0.2, 0.25) is 0 Å². The zero-order valence-electron chi connectivity index (χ0n) is 7.65. The average molecular weight is 187 g/mol. The van der Waals surface area contributed by atoms with Crippen LogP contribution in [-0.4, -0.2) is 26.2 Å². The lowest BCUT2D eigenvalue weighted by Crippen LogP contribution is -1.94. The van der Waals surface area contributed by atoms with Gasteiger partial charge in [-0.3, -0.25) is 0 Å². The highest BCUT2D eigenvalue weighted by molar-refractivity contribution is 5.80. The molecule has 1 atom stereocenters. The molecule has 2 N–H and O–H groups in total. The van der Waals surface area contributed by atoms with Crippen LogP contribution >= 0.6 is 0 Å². The first-order valence-corrected chi connectivity index (χ1v) is 4.25. The Kier molecular flexibility index (Phi) is 2.17. The average Bonchev–Trinajstić information content (AvgIpc) is 2.62. The first-order chi connectivity index (χ1) is 6.77. The molecule has 0 saturated carbocycles. The molecular formula is C10H9N3O. The number of rotatable bonds is 0. The van der Waals surface area contributed by atoms with E-state index in [1.165, 1.54) is 6.33 Å². The number of aliphatic hydroxyl groups excluding tert-OH is 1. The van der Waals surface area contributed by atoms with Crippen LogP contribution in [0, 0.1) is 11.8 Å². The highest BCUT2D eigenvalue weighted by atomic mass is 16.3. The molecule has 0 aliphatic heterocycles. The second-order valence-corrected chi connectivity index (χ2v) is 2.91. The molecule has 0 saturated heterocycles. The fourth-order valence-electron chi connectivity index (χ4n) is 1.14. The molecule has 0 unspecified atom stereocenters. The zero-order chi connectivity index (χ0) is 9.97. The fourth-order valence-corrected chi connectivity index (χ4v) is 1.14. The van der Waals surface area contributed by atoms with E-state index in [2.05, 4.69) is 26.8 Å².